The van der Waals surface area contributed by atoms with E-state index in [1.165, 1.54) is 24.3 Å². The van der Waals surface area contributed by atoms with Crippen molar-refractivity contribution in [3.8, 4) is 0 Å². The molecule has 0 aliphatic heterocycles. The first-order chi connectivity index (χ1) is 12.6. The lowest BCUT2D eigenvalue weighted by atomic mass is 10.1. The zero-order valence-electron chi connectivity index (χ0n) is 13.7. The minimum Gasteiger partial charge on any atom is -0.322 e. The summed E-state index contributed by atoms with van der Waals surface area (Å²) < 4.78 is 0. The lowest BCUT2D eigenvalue weighted by molar-refractivity contribution is -0.384. The number of non-ortho nitro benzene ring substituents is 1. The minimum absolute atomic E-state index is 0.121. The van der Waals surface area contributed by atoms with Gasteiger partial charge in [-0.2, -0.15) is 0 Å². The van der Waals surface area contributed by atoms with E-state index in [1.807, 2.05) is 48.6 Å². The van der Waals surface area contributed by atoms with Gasteiger partial charge in [0.25, 0.3) is 11.6 Å². The van der Waals surface area contributed by atoms with E-state index in [-0.39, 0.29) is 11.3 Å². The number of aromatic nitrogens is 1. The van der Waals surface area contributed by atoms with E-state index < -0.39 is 10.8 Å². The number of carbonyl (C=O) groups is 1. The Morgan fingerprint density at radius 1 is 1.00 bits per heavy atom. The molecular formula is C20H15N3O3. The van der Waals surface area contributed by atoms with Gasteiger partial charge in [-0.25, -0.2) is 0 Å². The molecule has 6 heteroatoms. The summed E-state index contributed by atoms with van der Waals surface area (Å²) in [5.41, 5.74) is 2.44. The van der Waals surface area contributed by atoms with E-state index in [0.717, 1.165) is 11.3 Å². The van der Waals surface area contributed by atoms with Crippen molar-refractivity contribution in [2.75, 3.05) is 5.32 Å². The predicted molar refractivity (Wildman–Crippen MR) is 101 cm³/mol. The van der Waals surface area contributed by atoms with Crippen LogP contribution in [0.25, 0.3) is 12.2 Å². The third-order valence-corrected chi connectivity index (χ3v) is 3.60. The van der Waals surface area contributed by atoms with Crippen LogP contribution in [0.2, 0.25) is 0 Å². The average molecular weight is 345 g/mol. The number of amides is 1. The average Bonchev–Trinajstić information content (AvgIpc) is 2.67. The van der Waals surface area contributed by atoms with E-state index in [9.17, 15) is 14.9 Å². The van der Waals surface area contributed by atoms with Crippen molar-refractivity contribution in [2.45, 2.75) is 0 Å². The molecule has 0 fully saturated rings. The second-order valence-electron chi connectivity index (χ2n) is 5.47. The van der Waals surface area contributed by atoms with Gasteiger partial charge in [0.05, 0.1) is 10.6 Å². The maximum atomic E-state index is 12.3. The van der Waals surface area contributed by atoms with Gasteiger partial charge >= 0.3 is 0 Å². The molecule has 0 aliphatic carbocycles. The van der Waals surface area contributed by atoms with E-state index in [0.29, 0.717) is 5.69 Å². The van der Waals surface area contributed by atoms with Crippen LogP contribution in [0.15, 0.2) is 72.9 Å². The lowest BCUT2D eigenvalue weighted by Gasteiger charge is -2.06. The van der Waals surface area contributed by atoms with Crippen LogP contribution in [0.5, 0.6) is 0 Å². The number of anilines is 1. The molecule has 6 nitrogen and oxygen atoms in total. The predicted octanol–water partition coefficient (Wildman–Crippen LogP) is 4.41. The van der Waals surface area contributed by atoms with Crippen molar-refractivity contribution < 1.29 is 9.72 Å². The van der Waals surface area contributed by atoms with Gasteiger partial charge in [-0.1, -0.05) is 30.3 Å². The molecule has 3 rings (SSSR count). The SMILES string of the molecule is O=C(Nc1cccc(C=Cc2ccccn2)c1)c1cccc([N+](=O)[O-])c1. The molecule has 0 radical (unpaired) electrons. The molecule has 2 aromatic carbocycles. The number of hydrogen-bond acceptors (Lipinski definition) is 4. The van der Waals surface area contributed by atoms with Crippen molar-refractivity contribution in [3.63, 3.8) is 0 Å². The van der Waals surface area contributed by atoms with Crippen molar-refractivity contribution in [1.29, 1.82) is 0 Å². The number of carbonyl (C=O) groups excluding carboxylic acids is 1. The number of benzene rings is 2. The lowest BCUT2D eigenvalue weighted by Crippen LogP contribution is -2.12. The van der Waals surface area contributed by atoms with E-state index in [1.54, 1.807) is 12.3 Å². The molecule has 26 heavy (non-hydrogen) atoms. The van der Waals surface area contributed by atoms with Crippen LogP contribution in [0, 0.1) is 10.1 Å². The van der Waals surface area contributed by atoms with E-state index in [4.69, 9.17) is 0 Å². The summed E-state index contributed by atoms with van der Waals surface area (Å²) in [4.78, 5) is 26.8. The minimum atomic E-state index is -0.528. The van der Waals surface area contributed by atoms with Gasteiger partial charge in [-0.05, 0) is 42.0 Å². The number of nitrogens with zero attached hydrogens (tertiary/aromatic N) is 2. The van der Waals surface area contributed by atoms with Crippen LogP contribution in [-0.4, -0.2) is 15.8 Å². The fourth-order valence-electron chi connectivity index (χ4n) is 2.34. The highest BCUT2D eigenvalue weighted by molar-refractivity contribution is 6.04. The van der Waals surface area contributed by atoms with Crippen molar-refractivity contribution in [2.24, 2.45) is 0 Å². The first kappa shape index (κ1) is 17.0. The molecule has 0 atom stereocenters. The quantitative estimate of drug-likeness (QED) is 0.548. The molecule has 1 heterocycles. The molecule has 0 unspecified atom stereocenters. The normalized spacial score (nSPS) is 10.6. The molecule has 0 saturated carbocycles. The summed E-state index contributed by atoms with van der Waals surface area (Å²) in [6.07, 6.45) is 5.49. The Bertz CT molecular complexity index is 969. The van der Waals surface area contributed by atoms with Gasteiger partial charge in [0, 0.05) is 29.6 Å². The number of nitro groups is 1. The van der Waals surface area contributed by atoms with Crippen molar-refractivity contribution >= 4 is 29.4 Å². The summed E-state index contributed by atoms with van der Waals surface area (Å²) in [6, 6.07) is 18.6. The fraction of sp³-hybridized carbons (Fsp3) is 0. The Kier molecular flexibility index (Phi) is 5.14. The van der Waals surface area contributed by atoms with Crippen LogP contribution in [0.1, 0.15) is 21.6 Å². The van der Waals surface area contributed by atoms with Crippen LogP contribution in [-0.2, 0) is 0 Å². The summed E-state index contributed by atoms with van der Waals surface area (Å²) in [5, 5.41) is 13.6. The molecular weight excluding hydrogens is 330 g/mol. The number of hydrogen-bond donors (Lipinski definition) is 1. The van der Waals surface area contributed by atoms with Crippen molar-refractivity contribution in [3.05, 3.63) is 99.9 Å². The number of rotatable bonds is 5. The highest BCUT2D eigenvalue weighted by Gasteiger charge is 2.11. The van der Waals surface area contributed by atoms with Gasteiger partial charge in [-0.3, -0.25) is 19.9 Å². The van der Waals surface area contributed by atoms with Crippen LogP contribution in [0.4, 0.5) is 11.4 Å². The third kappa shape index (κ3) is 4.39. The summed E-state index contributed by atoms with van der Waals surface area (Å²) in [5.74, 6) is -0.403. The van der Waals surface area contributed by atoms with E-state index >= 15 is 0 Å². The molecule has 0 bridgehead atoms. The smallest absolute Gasteiger partial charge is 0.270 e. The standard InChI is InChI=1S/C20H15N3O3/c24-20(16-6-4-9-19(14-16)23(25)26)22-18-8-3-5-15(13-18)10-11-17-7-1-2-12-21-17/h1-14H,(H,22,24). The fourth-order valence-corrected chi connectivity index (χ4v) is 2.34. The Labute approximate surface area is 150 Å². The molecule has 0 spiro atoms. The molecule has 1 N–H and O–H groups in total. The van der Waals surface area contributed by atoms with Gasteiger partial charge in [0.2, 0.25) is 0 Å². The number of nitrogens with one attached hydrogen (secondary N) is 1. The van der Waals surface area contributed by atoms with Gasteiger partial charge in [-0.15, -0.1) is 0 Å². The molecule has 3 aromatic rings. The Hall–Kier alpha value is -3.80. The van der Waals surface area contributed by atoms with Gasteiger partial charge < -0.3 is 5.32 Å². The molecule has 128 valence electrons. The van der Waals surface area contributed by atoms with Gasteiger partial charge in [0.15, 0.2) is 0 Å². The molecule has 1 aromatic heterocycles. The first-order valence-electron chi connectivity index (χ1n) is 7.87. The second kappa shape index (κ2) is 7.85. The van der Waals surface area contributed by atoms with Crippen LogP contribution in [0.3, 0.4) is 0 Å². The molecule has 1 amide bonds. The third-order valence-electron chi connectivity index (χ3n) is 3.60. The van der Waals surface area contributed by atoms with Crippen molar-refractivity contribution in [1.82, 2.24) is 4.98 Å². The Morgan fingerprint density at radius 2 is 1.85 bits per heavy atom. The number of nitro benzene ring substituents is 1. The monoisotopic (exact) mass is 345 g/mol. The Balaban J connectivity index is 1.74. The first-order valence-corrected chi connectivity index (χ1v) is 7.87. The molecule has 0 aliphatic rings. The zero-order chi connectivity index (χ0) is 18.4. The molecule has 0 saturated heterocycles. The van der Waals surface area contributed by atoms with Crippen LogP contribution < -0.4 is 5.32 Å². The van der Waals surface area contributed by atoms with E-state index in [2.05, 4.69) is 10.3 Å². The van der Waals surface area contributed by atoms with Gasteiger partial charge in [0.1, 0.15) is 0 Å². The topological polar surface area (TPSA) is 85.1 Å². The highest BCUT2D eigenvalue weighted by atomic mass is 16.6. The summed E-state index contributed by atoms with van der Waals surface area (Å²) in [7, 11) is 0. The maximum Gasteiger partial charge on any atom is 0.270 e. The van der Waals surface area contributed by atoms with Crippen LogP contribution >= 0.6 is 0 Å². The summed E-state index contributed by atoms with van der Waals surface area (Å²) in [6.45, 7) is 0. The second-order valence-corrected chi connectivity index (χ2v) is 5.47. The highest BCUT2D eigenvalue weighted by Crippen LogP contribution is 2.17. The maximum absolute atomic E-state index is 12.3. The summed E-state index contributed by atoms with van der Waals surface area (Å²) >= 11 is 0. The Morgan fingerprint density at radius 3 is 2.62 bits per heavy atom. The zero-order valence-corrected chi connectivity index (χ0v) is 13.7. The largest absolute Gasteiger partial charge is 0.322 e. The number of pyridine rings is 1.